The van der Waals surface area contributed by atoms with Crippen LogP contribution in [0.4, 0.5) is 5.69 Å². The number of carbonyl (C=O) groups excluding carboxylic acids is 2. The van der Waals surface area contributed by atoms with Crippen molar-refractivity contribution in [3.05, 3.63) is 46.8 Å². The number of aromatic nitrogens is 1. The molecule has 1 N–H and O–H groups in total. The summed E-state index contributed by atoms with van der Waals surface area (Å²) >= 11 is 0. The Balaban J connectivity index is 1.97. The number of ether oxygens (including phenoxy) is 1. The Morgan fingerprint density at radius 1 is 1.26 bits per heavy atom. The highest BCUT2D eigenvalue weighted by molar-refractivity contribution is 5.96. The molecule has 1 amide bonds. The van der Waals surface area contributed by atoms with Crippen LogP contribution in [-0.4, -0.2) is 23.6 Å². The Kier molecular flexibility index (Phi) is 5.16. The minimum atomic E-state index is -0.617. The number of nitrogens with zero attached hydrogens (tertiary/aromatic N) is 1. The van der Waals surface area contributed by atoms with E-state index in [4.69, 9.17) is 9.26 Å². The second kappa shape index (κ2) is 7.09. The van der Waals surface area contributed by atoms with Gasteiger partial charge in [-0.15, -0.1) is 0 Å². The molecule has 1 heterocycles. The fraction of sp³-hybridized carbons (Fsp3) is 0.353. The molecular formula is C17H20N2O4. The normalized spacial score (nSPS) is 10.7. The number of hydrogen-bond donors (Lipinski definition) is 1. The van der Waals surface area contributed by atoms with E-state index in [9.17, 15) is 9.59 Å². The largest absolute Gasteiger partial charge is 0.452 e. The minimum Gasteiger partial charge on any atom is -0.452 e. The van der Waals surface area contributed by atoms with Gasteiger partial charge in [0.1, 0.15) is 11.3 Å². The SMILES string of the molecule is Cc1noc(C)c1C(=O)OCC(=O)Nc1ccccc1C(C)C. The second-order valence-electron chi connectivity index (χ2n) is 5.57. The molecule has 1 aromatic carbocycles. The van der Waals surface area contributed by atoms with Crippen LogP contribution in [0.25, 0.3) is 0 Å². The maximum atomic E-state index is 12.0. The van der Waals surface area contributed by atoms with Crippen molar-refractivity contribution in [1.29, 1.82) is 0 Å². The Morgan fingerprint density at radius 2 is 1.96 bits per heavy atom. The molecule has 2 aromatic rings. The quantitative estimate of drug-likeness (QED) is 0.857. The number of amides is 1. The summed E-state index contributed by atoms with van der Waals surface area (Å²) < 4.78 is 9.94. The Hall–Kier alpha value is -2.63. The lowest BCUT2D eigenvalue weighted by Crippen LogP contribution is -2.22. The van der Waals surface area contributed by atoms with E-state index >= 15 is 0 Å². The monoisotopic (exact) mass is 316 g/mol. The highest BCUT2D eigenvalue weighted by Crippen LogP contribution is 2.23. The van der Waals surface area contributed by atoms with E-state index in [0.717, 1.165) is 11.3 Å². The van der Waals surface area contributed by atoms with Gasteiger partial charge in [0.05, 0.1) is 5.69 Å². The summed E-state index contributed by atoms with van der Waals surface area (Å²) in [5.74, 6) is -0.360. The molecule has 6 heteroatoms. The molecule has 0 bridgehead atoms. The van der Waals surface area contributed by atoms with Crippen LogP contribution < -0.4 is 5.32 Å². The zero-order valence-corrected chi connectivity index (χ0v) is 13.7. The number of aryl methyl sites for hydroxylation is 2. The number of hydrogen-bond acceptors (Lipinski definition) is 5. The fourth-order valence-corrected chi connectivity index (χ4v) is 2.28. The molecule has 0 saturated carbocycles. The van der Waals surface area contributed by atoms with Crippen molar-refractivity contribution < 1.29 is 18.8 Å². The number of carbonyl (C=O) groups is 2. The third kappa shape index (κ3) is 3.97. The van der Waals surface area contributed by atoms with Crippen molar-refractivity contribution >= 4 is 17.6 Å². The van der Waals surface area contributed by atoms with Crippen LogP contribution in [0.15, 0.2) is 28.8 Å². The first kappa shape index (κ1) is 16.7. The molecule has 0 atom stereocenters. The van der Waals surface area contributed by atoms with Gasteiger partial charge in [-0.25, -0.2) is 4.79 Å². The molecule has 0 saturated heterocycles. The smallest absolute Gasteiger partial charge is 0.344 e. The van der Waals surface area contributed by atoms with Gasteiger partial charge in [0, 0.05) is 5.69 Å². The molecular weight excluding hydrogens is 296 g/mol. The first-order valence-corrected chi connectivity index (χ1v) is 7.39. The molecule has 0 aliphatic rings. The molecule has 122 valence electrons. The number of anilines is 1. The third-order valence-corrected chi connectivity index (χ3v) is 3.43. The number of nitrogens with one attached hydrogen (secondary N) is 1. The summed E-state index contributed by atoms with van der Waals surface area (Å²) in [5, 5.41) is 6.45. The van der Waals surface area contributed by atoms with Crippen molar-refractivity contribution in [3.63, 3.8) is 0 Å². The number of benzene rings is 1. The number of para-hydroxylation sites is 1. The Bertz CT molecular complexity index is 700. The van der Waals surface area contributed by atoms with Crippen molar-refractivity contribution in [2.24, 2.45) is 0 Å². The van der Waals surface area contributed by atoms with Crippen molar-refractivity contribution in [1.82, 2.24) is 5.16 Å². The fourth-order valence-electron chi connectivity index (χ4n) is 2.28. The van der Waals surface area contributed by atoms with Crippen LogP contribution >= 0.6 is 0 Å². The topological polar surface area (TPSA) is 81.4 Å². The molecule has 0 aliphatic carbocycles. The van der Waals surface area contributed by atoms with Gasteiger partial charge in [-0.1, -0.05) is 37.2 Å². The van der Waals surface area contributed by atoms with Crippen LogP contribution in [-0.2, 0) is 9.53 Å². The first-order valence-electron chi connectivity index (χ1n) is 7.39. The van der Waals surface area contributed by atoms with Gasteiger partial charge in [-0.05, 0) is 31.4 Å². The predicted octanol–water partition coefficient (Wildman–Crippen LogP) is 3.21. The molecule has 1 aromatic heterocycles. The molecule has 23 heavy (non-hydrogen) atoms. The highest BCUT2D eigenvalue weighted by Gasteiger charge is 2.20. The van der Waals surface area contributed by atoms with Gasteiger partial charge in [0.2, 0.25) is 0 Å². The zero-order chi connectivity index (χ0) is 17.0. The van der Waals surface area contributed by atoms with E-state index in [0.29, 0.717) is 11.5 Å². The first-order chi connectivity index (χ1) is 10.9. The lowest BCUT2D eigenvalue weighted by Gasteiger charge is -2.13. The van der Waals surface area contributed by atoms with Crippen molar-refractivity contribution in [3.8, 4) is 0 Å². The van der Waals surface area contributed by atoms with Gasteiger partial charge >= 0.3 is 5.97 Å². The van der Waals surface area contributed by atoms with E-state index < -0.39 is 11.9 Å². The van der Waals surface area contributed by atoms with E-state index in [2.05, 4.69) is 10.5 Å². The molecule has 0 unspecified atom stereocenters. The van der Waals surface area contributed by atoms with Gasteiger partial charge in [-0.2, -0.15) is 0 Å². The standard InChI is InChI=1S/C17H20N2O4/c1-10(2)13-7-5-6-8-14(13)18-15(20)9-22-17(21)16-11(3)19-23-12(16)4/h5-8,10H,9H2,1-4H3,(H,18,20). The zero-order valence-electron chi connectivity index (χ0n) is 13.7. The summed E-state index contributed by atoms with van der Waals surface area (Å²) in [6, 6.07) is 7.54. The van der Waals surface area contributed by atoms with E-state index in [1.54, 1.807) is 13.8 Å². The van der Waals surface area contributed by atoms with Crippen LogP contribution in [0.2, 0.25) is 0 Å². The third-order valence-electron chi connectivity index (χ3n) is 3.43. The molecule has 0 aliphatic heterocycles. The highest BCUT2D eigenvalue weighted by atomic mass is 16.5. The van der Waals surface area contributed by atoms with E-state index in [1.165, 1.54) is 0 Å². The molecule has 6 nitrogen and oxygen atoms in total. The number of rotatable bonds is 5. The predicted molar refractivity (Wildman–Crippen MR) is 85.4 cm³/mol. The van der Waals surface area contributed by atoms with Crippen molar-refractivity contribution in [2.75, 3.05) is 11.9 Å². The summed E-state index contributed by atoms with van der Waals surface area (Å²) in [7, 11) is 0. The van der Waals surface area contributed by atoms with E-state index in [1.807, 2.05) is 38.1 Å². The lowest BCUT2D eigenvalue weighted by molar-refractivity contribution is -0.119. The lowest BCUT2D eigenvalue weighted by atomic mass is 10.0. The average Bonchev–Trinajstić information content (AvgIpc) is 2.84. The summed E-state index contributed by atoms with van der Waals surface area (Å²) in [5.41, 5.74) is 2.46. The van der Waals surface area contributed by atoms with Crippen molar-refractivity contribution in [2.45, 2.75) is 33.6 Å². The second-order valence-corrected chi connectivity index (χ2v) is 5.57. The van der Waals surface area contributed by atoms with Crippen LogP contribution in [0.3, 0.4) is 0 Å². The van der Waals surface area contributed by atoms with E-state index in [-0.39, 0.29) is 18.1 Å². The average molecular weight is 316 g/mol. The van der Waals surface area contributed by atoms with Crippen LogP contribution in [0.1, 0.15) is 47.1 Å². The Morgan fingerprint density at radius 3 is 2.57 bits per heavy atom. The molecule has 0 spiro atoms. The molecule has 0 fully saturated rings. The molecule has 0 radical (unpaired) electrons. The maximum absolute atomic E-state index is 12.0. The van der Waals surface area contributed by atoms with Gasteiger partial charge in [0.25, 0.3) is 5.91 Å². The van der Waals surface area contributed by atoms with Crippen LogP contribution in [0.5, 0.6) is 0 Å². The van der Waals surface area contributed by atoms with Gasteiger partial charge in [-0.3, -0.25) is 4.79 Å². The maximum Gasteiger partial charge on any atom is 0.344 e. The van der Waals surface area contributed by atoms with Gasteiger partial charge in [0.15, 0.2) is 6.61 Å². The van der Waals surface area contributed by atoms with Crippen LogP contribution in [0, 0.1) is 13.8 Å². The van der Waals surface area contributed by atoms with Gasteiger partial charge < -0.3 is 14.6 Å². The number of esters is 1. The minimum absolute atomic E-state index is 0.264. The summed E-state index contributed by atoms with van der Waals surface area (Å²) in [6.07, 6.45) is 0. The molecule has 2 rings (SSSR count). The summed E-state index contributed by atoms with van der Waals surface area (Å²) in [6.45, 7) is 6.99. The summed E-state index contributed by atoms with van der Waals surface area (Å²) in [4.78, 5) is 24.0. The Labute approximate surface area is 134 Å².